The molecule has 2 aromatic heterocycles. The van der Waals surface area contributed by atoms with Crippen LogP contribution < -0.4 is 0 Å². The normalized spacial score (nSPS) is 12.8. The van der Waals surface area contributed by atoms with E-state index in [4.69, 9.17) is 4.74 Å². The van der Waals surface area contributed by atoms with Crippen molar-refractivity contribution in [2.75, 3.05) is 6.61 Å². The molecule has 0 saturated heterocycles. The van der Waals surface area contributed by atoms with E-state index in [0.717, 1.165) is 11.1 Å². The van der Waals surface area contributed by atoms with Crippen molar-refractivity contribution in [3.8, 4) is 16.1 Å². The van der Waals surface area contributed by atoms with Crippen LogP contribution in [0.15, 0.2) is 41.9 Å². The monoisotopic (exact) mass is 410 g/mol. The Labute approximate surface area is 163 Å². The summed E-state index contributed by atoms with van der Waals surface area (Å²) >= 11 is 1.38. The van der Waals surface area contributed by atoms with E-state index in [9.17, 15) is 23.1 Å². The Morgan fingerprint density at radius 1 is 1.36 bits per heavy atom. The molecule has 1 N–H and O–H groups in total. The molecule has 0 amide bonds. The highest BCUT2D eigenvalue weighted by atomic mass is 32.1. The number of halogens is 3. The van der Waals surface area contributed by atoms with E-state index in [0.29, 0.717) is 15.8 Å². The van der Waals surface area contributed by atoms with Gasteiger partial charge in [0.25, 0.3) is 0 Å². The third-order valence-corrected chi connectivity index (χ3v) is 5.01. The highest BCUT2D eigenvalue weighted by Gasteiger charge is 2.41. The molecule has 148 valence electrons. The molecule has 3 rings (SSSR count). The van der Waals surface area contributed by atoms with E-state index >= 15 is 0 Å². The van der Waals surface area contributed by atoms with E-state index < -0.39 is 29.5 Å². The summed E-state index contributed by atoms with van der Waals surface area (Å²) < 4.78 is 46.4. The summed E-state index contributed by atoms with van der Waals surface area (Å²) in [6, 6.07) is 8.11. The van der Waals surface area contributed by atoms with Crippen molar-refractivity contribution in [1.82, 2.24) is 9.78 Å². The number of hydrogen-bond donors (Lipinski definition) is 1. The summed E-state index contributed by atoms with van der Waals surface area (Å²) in [4.78, 5) is 12.7. The van der Waals surface area contributed by atoms with E-state index in [2.05, 4.69) is 5.10 Å². The lowest BCUT2D eigenvalue weighted by atomic mass is 10.1. The Bertz CT molecular complexity index is 992. The maximum absolute atomic E-state index is 13.7. The van der Waals surface area contributed by atoms with Crippen molar-refractivity contribution < 1.29 is 27.8 Å². The maximum atomic E-state index is 13.7. The molecule has 0 fully saturated rings. The van der Waals surface area contributed by atoms with Crippen LogP contribution in [0.2, 0.25) is 0 Å². The Morgan fingerprint density at radius 2 is 2.11 bits per heavy atom. The number of carbonyl (C=O) groups excluding carboxylic acids is 1. The van der Waals surface area contributed by atoms with Crippen LogP contribution in [-0.4, -0.2) is 27.5 Å². The van der Waals surface area contributed by atoms with E-state index in [1.165, 1.54) is 30.4 Å². The first-order valence-corrected chi connectivity index (χ1v) is 9.30. The van der Waals surface area contributed by atoms with Crippen molar-refractivity contribution in [3.05, 3.63) is 58.7 Å². The second-order valence-electron chi connectivity index (χ2n) is 5.97. The number of carbonyl (C=O) groups is 1. The van der Waals surface area contributed by atoms with Gasteiger partial charge >= 0.3 is 12.1 Å². The predicted molar refractivity (Wildman–Crippen MR) is 98.5 cm³/mol. The average molecular weight is 410 g/mol. The molecule has 9 heteroatoms. The minimum atomic E-state index is -4.80. The Kier molecular flexibility index (Phi) is 5.57. The van der Waals surface area contributed by atoms with Crippen molar-refractivity contribution in [1.29, 1.82) is 0 Å². The Balaban J connectivity index is 2.12. The third kappa shape index (κ3) is 3.81. The first-order chi connectivity index (χ1) is 13.2. The van der Waals surface area contributed by atoms with Gasteiger partial charge in [0.15, 0.2) is 5.69 Å². The fourth-order valence-corrected chi connectivity index (χ4v) is 3.83. The highest BCUT2D eigenvalue weighted by Crippen LogP contribution is 2.37. The zero-order valence-electron chi connectivity index (χ0n) is 15.0. The van der Waals surface area contributed by atoms with Crippen LogP contribution in [0.4, 0.5) is 13.2 Å². The zero-order chi connectivity index (χ0) is 20.5. The Morgan fingerprint density at radius 3 is 2.75 bits per heavy atom. The molecule has 0 aliphatic rings. The second-order valence-corrected chi connectivity index (χ2v) is 6.88. The van der Waals surface area contributed by atoms with Gasteiger partial charge in [-0.05, 0) is 48.6 Å². The molecule has 0 bridgehead atoms. The van der Waals surface area contributed by atoms with Crippen LogP contribution in [0.3, 0.4) is 0 Å². The SMILES string of the molecule is CCOC(=O)c1cnn(-c2cccc(-c3sccc3C(C)O)c2)c1C(F)(F)F. The largest absolute Gasteiger partial charge is 0.462 e. The lowest BCUT2D eigenvalue weighted by Gasteiger charge is -2.13. The summed E-state index contributed by atoms with van der Waals surface area (Å²) in [6.45, 7) is 3.09. The molecule has 28 heavy (non-hydrogen) atoms. The molecule has 0 aliphatic heterocycles. The van der Waals surface area contributed by atoms with Gasteiger partial charge in [0, 0.05) is 4.88 Å². The van der Waals surface area contributed by atoms with Gasteiger partial charge in [-0.25, -0.2) is 9.48 Å². The molecule has 1 atom stereocenters. The van der Waals surface area contributed by atoms with Crippen LogP contribution in [0.1, 0.15) is 41.6 Å². The van der Waals surface area contributed by atoms with E-state index in [1.807, 2.05) is 0 Å². The van der Waals surface area contributed by atoms with E-state index in [-0.39, 0.29) is 12.3 Å². The molecular weight excluding hydrogens is 393 g/mol. The van der Waals surface area contributed by atoms with Crippen molar-refractivity contribution in [3.63, 3.8) is 0 Å². The number of thiophene rings is 1. The van der Waals surface area contributed by atoms with Gasteiger partial charge in [-0.3, -0.25) is 0 Å². The Hall–Kier alpha value is -2.65. The molecule has 5 nitrogen and oxygen atoms in total. The van der Waals surface area contributed by atoms with Crippen molar-refractivity contribution in [2.24, 2.45) is 0 Å². The number of ether oxygens (including phenoxy) is 1. The van der Waals surface area contributed by atoms with Crippen molar-refractivity contribution in [2.45, 2.75) is 26.1 Å². The third-order valence-electron chi connectivity index (χ3n) is 4.03. The van der Waals surface area contributed by atoms with Gasteiger partial charge in [-0.1, -0.05) is 12.1 Å². The number of aromatic nitrogens is 2. The summed E-state index contributed by atoms with van der Waals surface area (Å²) in [7, 11) is 0. The van der Waals surface area contributed by atoms with Gasteiger partial charge < -0.3 is 9.84 Å². The number of alkyl halides is 3. The van der Waals surface area contributed by atoms with Gasteiger partial charge in [0.2, 0.25) is 0 Å². The molecule has 0 saturated carbocycles. The first-order valence-electron chi connectivity index (χ1n) is 8.42. The van der Waals surface area contributed by atoms with Gasteiger partial charge in [0.05, 0.1) is 24.6 Å². The minimum absolute atomic E-state index is 0.0444. The summed E-state index contributed by atoms with van der Waals surface area (Å²) in [5.74, 6) is -1.08. The molecule has 0 radical (unpaired) electrons. The number of aliphatic hydroxyl groups excluding tert-OH is 1. The molecular formula is C19H17F3N2O3S. The number of nitrogens with zero attached hydrogens (tertiary/aromatic N) is 2. The molecule has 1 unspecified atom stereocenters. The number of hydrogen-bond acceptors (Lipinski definition) is 5. The smallest absolute Gasteiger partial charge is 0.434 e. The van der Waals surface area contributed by atoms with Crippen LogP contribution in [0.25, 0.3) is 16.1 Å². The molecule has 3 aromatic rings. The fourth-order valence-electron chi connectivity index (χ4n) is 2.84. The number of benzene rings is 1. The molecule has 0 aliphatic carbocycles. The first kappa shape index (κ1) is 20.1. The van der Waals surface area contributed by atoms with Gasteiger partial charge in [-0.15, -0.1) is 11.3 Å². The maximum Gasteiger partial charge on any atom is 0.434 e. The molecule has 1 aromatic carbocycles. The quantitative estimate of drug-likeness (QED) is 0.611. The predicted octanol–water partition coefficient (Wildman–Crippen LogP) is 4.85. The summed E-state index contributed by atoms with van der Waals surface area (Å²) in [5.41, 5.74) is -0.355. The van der Waals surface area contributed by atoms with Crippen LogP contribution >= 0.6 is 11.3 Å². The van der Waals surface area contributed by atoms with Gasteiger partial charge in [-0.2, -0.15) is 18.3 Å². The highest BCUT2D eigenvalue weighted by molar-refractivity contribution is 7.13. The van der Waals surface area contributed by atoms with Crippen LogP contribution in [0.5, 0.6) is 0 Å². The van der Waals surface area contributed by atoms with E-state index in [1.54, 1.807) is 30.5 Å². The van der Waals surface area contributed by atoms with Crippen molar-refractivity contribution >= 4 is 17.3 Å². The number of esters is 1. The number of aliphatic hydroxyl groups is 1. The van der Waals surface area contributed by atoms with Crippen LogP contribution in [-0.2, 0) is 10.9 Å². The summed E-state index contributed by atoms with van der Waals surface area (Å²) in [5, 5.41) is 15.5. The zero-order valence-corrected chi connectivity index (χ0v) is 15.8. The second kappa shape index (κ2) is 7.76. The van der Waals surface area contributed by atoms with Crippen LogP contribution in [0, 0.1) is 0 Å². The fraction of sp³-hybridized carbons (Fsp3) is 0.263. The molecule has 0 spiro atoms. The standard InChI is InChI=1S/C19H17F3N2O3S/c1-3-27-18(26)15-10-23-24(17(15)19(20,21)22)13-6-4-5-12(9-13)16-14(11(2)25)7-8-28-16/h4-11,25H,3H2,1-2H3. The lowest BCUT2D eigenvalue weighted by molar-refractivity contribution is -0.143. The minimum Gasteiger partial charge on any atom is -0.462 e. The summed E-state index contributed by atoms with van der Waals surface area (Å²) in [6.07, 6.45) is -4.65. The van der Waals surface area contributed by atoms with Gasteiger partial charge in [0.1, 0.15) is 5.56 Å². The topological polar surface area (TPSA) is 64.3 Å². The number of rotatable bonds is 5. The lowest BCUT2D eigenvalue weighted by Crippen LogP contribution is -2.18. The molecule has 2 heterocycles. The average Bonchev–Trinajstić information content (AvgIpc) is 3.29.